The molecule has 0 bridgehead atoms. The fraction of sp³-hybridized carbons (Fsp3) is 0.800. The standard InChI is InChI=1S/C5H8F3NO3/c6-5(7,8)4(12,2-9)1-3(10)11/h12H,1-2,9H2,(H,10,11)/t4-/m1/s1. The predicted octanol–water partition coefficient (Wildman–Crippen LogP) is -0.287. The average molecular weight is 187 g/mol. The molecule has 0 saturated heterocycles. The number of hydrogen-bond donors (Lipinski definition) is 3. The second kappa shape index (κ2) is 3.28. The van der Waals surface area contributed by atoms with Crippen LogP contribution in [0.5, 0.6) is 0 Å². The van der Waals surface area contributed by atoms with Gasteiger partial charge >= 0.3 is 12.1 Å². The molecule has 0 rings (SSSR count). The summed E-state index contributed by atoms with van der Waals surface area (Å²) in [5.74, 6) is -1.75. The molecule has 72 valence electrons. The van der Waals surface area contributed by atoms with Gasteiger partial charge in [-0.25, -0.2) is 0 Å². The molecule has 0 radical (unpaired) electrons. The molecule has 0 aromatic heterocycles. The molecule has 0 spiro atoms. The van der Waals surface area contributed by atoms with Crippen LogP contribution in [0, 0.1) is 0 Å². The van der Waals surface area contributed by atoms with Crippen molar-refractivity contribution < 1.29 is 28.2 Å². The van der Waals surface area contributed by atoms with Crippen molar-refractivity contribution in [1.29, 1.82) is 0 Å². The first-order valence-corrected chi connectivity index (χ1v) is 2.94. The number of carboxylic acid groups (broad SMARTS) is 1. The van der Waals surface area contributed by atoms with Crippen molar-refractivity contribution in [2.45, 2.75) is 18.2 Å². The van der Waals surface area contributed by atoms with Gasteiger partial charge in [0.25, 0.3) is 0 Å². The van der Waals surface area contributed by atoms with Crippen LogP contribution < -0.4 is 5.73 Å². The molecule has 4 N–H and O–H groups in total. The molecule has 4 nitrogen and oxygen atoms in total. The SMILES string of the molecule is NC[C@](O)(CC(=O)O)C(F)(F)F. The molecule has 0 aromatic carbocycles. The van der Waals surface area contributed by atoms with Gasteiger partial charge in [0.15, 0.2) is 5.60 Å². The monoisotopic (exact) mass is 187 g/mol. The summed E-state index contributed by atoms with van der Waals surface area (Å²) in [7, 11) is 0. The van der Waals surface area contributed by atoms with E-state index in [1.54, 1.807) is 0 Å². The molecule has 0 unspecified atom stereocenters. The van der Waals surface area contributed by atoms with Crippen molar-refractivity contribution in [1.82, 2.24) is 0 Å². The Hall–Kier alpha value is -0.820. The van der Waals surface area contributed by atoms with E-state index in [1.165, 1.54) is 0 Å². The highest BCUT2D eigenvalue weighted by molar-refractivity contribution is 5.68. The molecule has 1 atom stereocenters. The van der Waals surface area contributed by atoms with E-state index in [4.69, 9.17) is 10.2 Å². The topological polar surface area (TPSA) is 83.5 Å². The third-order valence-corrected chi connectivity index (χ3v) is 1.31. The van der Waals surface area contributed by atoms with Crippen molar-refractivity contribution in [2.24, 2.45) is 5.73 Å². The first kappa shape index (κ1) is 11.2. The molecule has 0 aliphatic heterocycles. The number of alkyl halides is 3. The van der Waals surface area contributed by atoms with Crippen molar-refractivity contribution in [3.63, 3.8) is 0 Å². The van der Waals surface area contributed by atoms with Gasteiger partial charge in [0.2, 0.25) is 0 Å². The Bertz CT molecular complexity index is 181. The first-order chi connectivity index (χ1) is 5.23. The fourth-order valence-electron chi connectivity index (χ4n) is 0.538. The Labute approximate surface area is 65.8 Å². The van der Waals surface area contributed by atoms with Crippen LogP contribution in [0.15, 0.2) is 0 Å². The van der Waals surface area contributed by atoms with Crippen LogP contribution in [0.1, 0.15) is 6.42 Å². The highest BCUT2D eigenvalue weighted by Gasteiger charge is 2.53. The van der Waals surface area contributed by atoms with Gasteiger partial charge in [0, 0.05) is 6.54 Å². The summed E-state index contributed by atoms with van der Waals surface area (Å²) in [6.45, 7) is -1.16. The van der Waals surface area contributed by atoms with Gasteiger partial charge in [0.05, 0.1) is 6.42 Å². The van der Waals surface area contributed by atoms with Crippen molar-refractivity contribution in [2.75, 3.05) is 6.54 Å². The van der Waals surface area contributed by atoms with Gasteiger partial charge in [-0.15, -0.1) is 0 Å². The zero-order valence-electron chi connectivity index (χ0n) is 5.93. The Morgan fingerprint density at radius 1 is 1.42 bits per heavy atom. The summed E-state index contributed by atoms with van der Waals surface area (Å²) in [4.78, 5) is 9.90. The van der Waals surface area contributed by atoms with E-state index in [-0.39, 0.29) is 0 Å². The van der Waals surface area contributed by atoms with E-state index in [9.17, 15) is 18.0 Å². The number of aliphatic carboxylic acids is 1. The summed E-state index contributed by atoms with van der Waals surface area (Å²) in [6, 6.07) is 0. The van der Waals surface area contributed by atoms with Crippen LogP contribution in [0.3, 0.4) is 0 Å². The van der Waals surface area contributed by atoms with Crippen molar-refractivity contribution in [3.8, 4) is 0 Å². The zero-order chi connectivity index (χ0) is 9.99. The Morgan fingerprint density at radius 2 is 1.83 bits per heavy atom. The van der Waals surface area contributed by atoms with Crippen molar-refractivity contribution >= 4 is 5.97 Å². The maximum atomic E-state index is 11.9. The first-order valence-electron chi connectivity index (χ1n) is 2.94. The average Bonchev–Trinajstić information content (AvgIpc) is 1.83. The van der Waals surface area contributed by atoms with E-state index >= 15 is 0 Å². The van der Waals surface area contributed by atoms with Gasteiger partial charge in [-0.2, -0.15) is 13.2 Å². The highest BCUT2D eigenvalue weighted by atomic mass is 19.4. The van der Waals surface area contributed by atoms with Gasteiger partial charge < -0.3 is 15.9 Å². The minimum Gasteiger partial charge on any atom is -0.481 e. The van der Waals surface area contributed by atoms with Crippen LogP contribution in [0.2, 0.25) is 0 Å². The van der Waals surface area contributed by atoms with Gasteiger partial charge in [-0.05, 0) is 0 Å². The number of nitrogens with two attached hydrogens (primary N) is 1. The molecular formula is C5H8F3NO3. The third kappa shape index (κ3) is 2.35. The molecule has 0 amide bonds. The highest BCUT2D eigenvalue weighted by Crippen LogP contribution is 2.32. The third-order valence-electron chi connectivity index (χ3n) is 1.31. The lowest BCUT2D eigenvalue weighted by Gasteiger charge is -2.26. The summed E-state index contributed by atoms with van der Waals surface area (Å²) in [5.41, 5.74) is 1.29. The molecular weight excluding hydrogens is 179 g/mol. The van der Waals surface area contributed by atoms with Crippen LogP contribution >= 0.6 is 0 Å². The summed E-state index contributed by atoms with van der Waals surface area (Å²) >= 11 is 0. The van der Waals surface area contributed by atoms with Gasteiger partial charge in [0.1, 0.15) is 0 Å². The smallest absolute Gasteiger partial charge is 0.419 e. The molecule has 0 aliphatic carbocycles. The summed E-state index contributed by atoms with van der Waals surface area (Å²) in [5, 5.41) is 16.7. The number of carbonyl (C=O) groups is 1. The quantitative estimate of drug-likeness (QED) is 0.567. The normalized spacial score (nSPS) is 17.1. The number of rotatable bonds is 3. The maximum Gasteiger partial charge on any atom is 0.419 e. The fourth-order valence-corrected chi connectivity index (χ4v) is 0.538. The lowest BCUT2D eigenvalue weighted by molar-refractivity contribution is -0.258. The van der Waals surface area contributed by atoms with Gasteiger partial charge in [-0.1, -0.05) is 0 Å². The zero-order valence-corrected chi connectivity index (χ0v) is 5.93. The molecule has 0 fully saturated rings. The Balaban J connectivity index is 4.56. The second-order valence-corrected chi connectivity index (χ2v) is 2.30. The summed E-state index contributed by atoms with van der Waals surface area (Å²) in [6.07, 6.45) is -6.45. The van der Waals surface area contributed by atoms with E-state index in [0.29, 0.717) is 0 Å². The summed E-state index contributed by atoms with van der Waals surface area (Å²) < 4.78 is 35.6. The molecule has 0 aromatic rings. The van der Waals surface area contributed by atoms with E-state index < -0.39 is 30.7 Å². The number of halogens is 3. The lowest BCUT2D eigenvalue weighted by Crippen LogP contribution is -2.52. The predicted molar refractivity (Wildman–Crippen MR) is 32.3 cm³/mol. The number of carboxylic acids is 1. The number of aliphatic hydroxyl groups is 1. The minimum absolute atomic E-state index is 1.16. The lowest BCUT2D eigenvalue weighted by atomic mass is 10.00. The van der Waals surface area contributed by atoms with Crippen molar-refractivity contribution in [3.05, 3.63) is 0 Å². The maximum absolute atomic E-state index is 11.9. The number of hydrogen-bond acceptors (Lipinski definition) is 3. The van der Waals surface area contributed by atoms with Crippen LogP contribution in [0.4, 0.5) is 13.2 Å². The van der Waals surface area contributed by atoms with Gasteiger partial charge in [-0.3, -0.25) is 4.79 Å². The molecule has 7 heteroatoms. The van der Waals surface area contributed by atoms with E-state index in [1.807, 2.05) is 0 Å². The largest absolute Gasteiger partial charge is 0.481 e. The van der Waals surface area contributed by atoms with Crippen LogP contribution in [-0.2, 0) is 4.79 Å². The van der Waals surface area contributed by atoms with Crippen LogP contribution in [-0.4, -0.2) is 34.5 Å². The minimum atomic E-state index is -5.01. The molecule has 0 saturated carbocycles. The molecule has 0 heterocycles. The second-order valence-electron chi connectivity index (χ2n) is 2.30. The molecule has 12 heavy (non-hydrogen) atoms. The Kier molecular flexibility index (Phi) is 3.05. The van der Waals surface area contributed by atoms with Crippen LogP contribution in [0.25, 0.3) is 0 Å². The van der Waals surface area contributed by atoms with E-state index in [2.05, 4.69) is 5.73 Å². The van der Waals surface area contributed by atoms with E-state index in [0.717, 1.165) is 0 Å². The molecule has 0 aliphatic rings. The Morgan fingerprint density at radius 3 is 1.92 bits per heavy atom.